The van der Waals surface area contributed by atoms with E-state index in [2.05, 4.69) is 15.9 Å². The highest BCUT2D eigenvalue weighted by Gasteiger charge is 2.37. The first-order valence-electron chi connectivity index (χ1n) is 6.07. The van der Waals surface area contributed by atoms with Crippen molar-refractivity contribution in [2.75, 3.05) is 4.90 Å². The van der Waals surface area contributed by atoms with E-state index in [1.54, 1.807) is 18.2 Å². The summed E-state index contributed by atoms with van der Waals surface area (Å²) in [5, 5.41) is 0. The van der Waals surface area contributed by atoms with Crippen LogP contribution in [0.5, 0.6) is 0 Å². The minimum Gasteiger partial charge on any atom is -0.300 e. The first-order chi connectivity index (χ1) is 9.99. The third kappa shape index (κ3) is 2.25. The molecular formula is C15H8BrF2NO2. The predicted octanol–water partition coefficient (Wildman–Crippen LogP) is 3.46. The van der Waals surface area contributed by atoms with Crippen LogP contribution in [-0.2, 0) is 11.3 Å². The lowest BCUT2D eigenvalue weighted by molar-refractivity contribution is -0.114. The van der Waals surface area contributed by atoms with Gasteiger partial charge < -0.3 is 4.90 Å². The number of anilines is 1. The fourth-order valence-electron chi connectivity index (χ4n) is 2.24. The van der Waals surface area contributed by atoms with Gasteiger partial charge in [0.1, 0.15) is 0 Å². The molecule has 0 atom stereocenters. The van der Waals surface area contributed by atoms with Gasteiger partial charge in [0, 0.05) is 10.5 Å². The predicted molar refractivity (Wildman–Crippen MR) is 76.0 cm³/mol. The van der Waals surface area contributed by atoms with Crippen LogP contribution >= 0.6 is 15.9 Å². The monoisotopic (exact) mass is 351 g/mol. The molecule has 1 aliphatic rings. The molecule has 0 radical (unpaired) electrons. The molecule has 1 heterocycles. The van der Waals surface area contributed by atoms with Crippen molar-refractivity contribution in [2.45, 2.75) is 6.54 Å². The maximum atomic E-state index is 13.4. The van der Waals surface area contributed by atoms with Gasteiger partial charge in [-0.1, -0.05) is 34.1 Å². The van der Waals surface area contributed by atoms with E-state index in [0.717, 1.165) is 27.1 Å². The van der Waals surface area contributed by atoms with Gasteiger partial charge >= 0.3 is 0 Å². The topological polar surface area (TPSA) is 37.4 Å². The van der Waals surface area contributed by atoms with Crippen LogP contribution in [0.4, 0.5) is 14.5 Å². The summed E-state index contributed by atoms with van der Waals surface area (Å²) in [6.07, 6.45) is 0. The van der Waals surface area contributed by atoms with Gasteiger partial charge in [0.15, 0.2) is 11.6 Å². The number of hydrogen-bond acceptors (Lipinski definition) is 2. The van der Waals surface area contributed by atoms with E-state index >= 15 is 0 Å². The maximum Gasteiger partial charge on any atom is 0.299 e. The van der Waals surface area contributed by atoms with E-state index in [0.29, 0.717) is 0 Å². The second kappa shape index (κ2) is 5.04. The van der Waals surface area contributed by atoms with Crippen molar-refractivity contribution in [3.63, 3.8) is 0 Å². The largest absolute Gasteiger partial charge is 0.300 e. The van der Waals surface area contributed by atoms with Crippen molar-refractivity contribution in [3.05, 3.63) is 63.6 Å². The van der Waals surface area contributed by atoms with Crippen molar-refractivity contribution >= 4 is 33.3 Å². The molecule has 0 saturated heterocycles. The van der Waals surface area contributed by atoms with Crippen LogP contribution in [-0.4, -0.2) is 11.7 Å². The van der Waals surface area contributed by atoms with Crippen LogP contribution in [0.2, 0.25) is 0 Å². The van der Waals surface area contributed by atoms with Gasteiger partial charge in [0.05, 0.1) is 17.8 Å². The Morgan fingerprint density at radius 3 is 2.43 bits per heavy atom. The van der Waals surface area contributed by atoms with Gasteiger partial charge in [-0.05, 0) is 17.7 Å². The third-order valence-electron chi connectivity index (χ3n) is 3.30. The number of halogens is 3. The molecule has 2 aromatic rings. The number of carbonyl (C=O) groups excluding carboxylic acids is 2. The molecular weight excluding hydrogens is 344 g/mol. The summed E-state index contributed by atoms with van der Waals surface area (Å²) in [6.45, 7) is 0.101. The van der Waals surface area contributed by atoms with E-state index in [9.17, 15) is 18.4 Å². The van der Waals surface area contributed by atoms with Gasteiger partial charge in [-0.3, -0.25) is 9.59 Å². The molecule has 0 aliphatic carbocycles. The van der Waals surface area contributed by atoms with Gasteiger partial charge in [-0.15, -0.1) is 0 Å². The number of carbonyl (C=O) groups is 2. The Morgan fingerprint density at radius 2 is 1.71 bits per heavy atom. The number of ketones is 1. The second-order valence-electron chi connectivity index (χ2n) is 4.60. The minimum absolute atomic E-state index is 0.0969. The smallest absolute Gasteiger partial charge is 0.299 e. The highest BCUT2D eigenvalue weighted by molar-refractivity contribution is 9.10. The minimum atomic E-state index is -1.14. The molecule has 0 spiro atoms. The van der Waals surface area contributed by atoms with Crippen LogP contribution in [0.15, 0.2) is 40.9 Å². The molecule has 1 amide bonds. The lowest BCUT2D eigenvalue weighted by Gasteiger charge is -2.17. The summed E-state index contributed by atoms with van der Waals surface area (Å²) in [5.74, 6) is -3.84. The molecule has 1 aliphatic heterocycles. The number of fused-ring (bicyclic) bond motifs is 1. The van der Waals surface area contributed by atoms with E-state index in [4.69, 9.17) is 0 Å². The van der Waals surface area contributed by atoms with Gasteiger partial charge in [-0.2, -0.15) is 0 Å². The zero-order chi connectivity index (χ0) is 15.1. The molecule has 0 fully saturated rings. The first-order valence-corrected chi connectivity index (χ1v) is 6.87. The quantitative estimate of drug-likeness (QED) is 0.777. The molecule has 2 aromatic carbocycles. The van der Waals surface area contributed by atoms with Crippen LogP contribution in [0.1, 0.15) is 15.9 Å². The van der Waals surface area contributed by atoms with Gasteiger partial charge in [0.2, 0.25) is 0 Å². The summed E-state index contributed by atoms with van der Waals surface area (Å²) >= 11 is 3.35. The Labute approximate surface area is 127 Å². The lowest BCUT2D eigenvalue weighted by atomic mass is 10.1. The highest BCUT2D eigenvalue weighted by Crippen LogP contribution is 2.33. The van der Waals surface area contributed by atoms with E-state index in [1.807, 2.05) is 6.07 Å². The van der Waals surface area contributed by atoms with E-state index in [-0.39, 0.29) is 17.8 Å². The Hall–Kier alpha value is -2.08. The molecule has 106 valence electrons. The average Bonchev–Trinajstić information content (AvgIpc) is 2.67. The van der Waals surface area contributed by atoms with E-state index < -0.39 is 23.3 Å². The summed E-state index contributed by atoms with van der Waals surface area (Å²) in [6, 6.07) is 8.82. The first kappa shape index (κ1) is 13.9. The number of Topliss-reactive ketones (excluding diaryl/α,β-unsaturated/α-hetero) is 1. The lowest BCUT2D eigenvalue weighted by Crippen LogP contribution is -2.29. The Morgan fingerprint density at radius 1 is 1.05 bits per heavy atom. The van der Waals surface area contributed by atoms with Crippen LogP contribution in [0, 0.1) is 11.6 Å². The second-order valence-corrected chi connectivity index (χ2v) is 5.45. The number of rotatable bonds is 2. The fraction of sp³-hybridized carbons (Fsp3) is 0.0667. The number of amides is 1. The zero-order valence-corrected chi connectivity index (χ0v) is 12.2. The Kier molecular flexibility index (Phi) is 3.33. The number of hydrogen-bond donors (Lipinski definition) is 0. The summed E-state index contributed by atoms with van der Waals surface area (Å²) in [7, 11) is 0. The molecule has 3 rings (SSSR count). The number of nitrogens with zero attached hydrogens (tertiary/aromatic N) is 1. The molecule has 0 unspecified atom stereocenters. The van der Waals surface area contributed by atoms with Crippen LogP contribution in [0.25, 0.3) is 0 Å². The molecule has 6 heteroatoms. The van der Waals surface area contributed by atoms with Crippen molar-refractivity contribution in [2.24, 2.45) is 0 Å². The maximum absolute atomic E-state index is 13.4. The summed E-state index contributed by atoms with van der Waals surface area (Å²) in [4.78, 5) is 25.0. The summed E-state index contributed by atoms with van der Waals surface area (Å²) in [5.41, 5.74) is 0.752. The molecule has 0 N–H and O–H groups in total. The zero-order valence-electron chi connectivity index (χ0n) is 10.6. The number of benzene rings is 2. The fourth-order valence-corrected chi connectivity index (χ4v) is 2.65. The molecule has 0 aromatic heterocycles. The van der Waals surface area contributed by atoms with Crippen molar-refractivity contribution < 1.29 is 18.4 Å². The molecule has 0 saturated carbocycles. The van der Waals surface area contributed by atoms with Gasteiger partial charge in [0.25, 0.3) is 11.7 Å². The Bertz CT molecular complexity index is 776. The van der Waals surface area contributed by atoms with Gasteiger partial charge in [-0.25, -0.2) is 8.78 Å². The van der Waals surface area contributed by atoms with E-state index in [1.165, 1.54) is 0 Å². The molecule has 3 nitrogen and oxygen atoms in total. The SMILES string of the molecule is O=C1C(=O)N(Cc2ccccc2Br)c2cc(F)c(F)cc21. The van der Waals surface area contributed by atoms with Crippen molar-refractivity contribution in [1.82, 2.24) is 0 Å². The highest BCUT2D eigenvalue weighted by atomic mass is 79.9. The average molecular weight is 352 g/mol. The molecule has 21 heavy (non-hydrogen) atoms. The van der Waals surface area contributed by atoms with Crippen molar-refractivity contribution in [3.8, 4) is 0 Å². The normalized spacial score (nSPS) is 13.8. The Balaban J connectivity index is 2.06. The standard InChI is InChI=1S/C15H8BrF2NO2/c16-10-4-2-1-3-8(10)7-19-13-6-12(18)11(17)5-9(13)14(20)15(19)21/h1-6H,7H2. The summed E-state index contributed by atoms with van der Waals surface area (Å²) < 4.78 is 27.4. The third-order valence-corrected chi connectivity index (χ3v) is 4.07. The van der Waals surface area contributed by atoms with Crippen LogP contribution in [0.3, 0.4) is 0 Å². The molecule has 0 bridgehead atoms. The van der Waals surface area contributed by atoms with Crippen LogP contribution < -0.4 is 4.90 Å². The van der Waals surface area contributed by atoms with Crippen molar-refractivity contribution in [1.29, 1.82) is 0 Å².